The molecule has 3 aromatic carbocycles. The minimum Gasteiger partial charge on any atom is -0.494 e. The van der Waals surface area contributed by atoms with Crippen molar-refractivity contribution in [3.8, 4) is 16.9 Å². The standard InChI is InChI=1S/C26H25NO4/c1-3-30-22-16-13-20(14-17-22)15-18-25(28)31-19(2)26(29)27-24-12-8-7-11-23(24)21-9-5-4-6-10-21/h4-19H,3H2,1-2H3,(H,27,29)/b18-15+/t19-/m1/s1. The number of benzene rings is 3. The molecule has 1 amide bonds. The highest BCUT2D eigenvalue weighted by atomic mass is 16.5. The zero-order valence-corrected chi connectivity index (χ0v) is 17.6. The Bertz CT molecular complexity index is 1040. The van der Waals surface area contributed by atoms with Crippen LogP contribution in [0.5, 0.6) is 5.75 Å². The second-order valence-corrected chi connectivity index (χ2v) is 6.82. The number of hydrogen-bond acceptors (Lipinski definition) is 4. The Morgan fingerprint density at radius 2 is 1.61 bits per heavy atom. The van der Waals surface area contributed by atoms with Crippen LogP contribution in [0, 0.1) is 0 Å². The molecule has 0 spiro atoms. The number of anilines is 1. The van der Waals surface area contributed by atoms with Crippen molar-refractivity contribution in [1.82, 2.24) is 0 Å². The molecule has 31 heavy (non-hydrogen) atoms. The zero-order valence-electron chi connectivity index (χ0n) is 17.6. The lowest BCUT2D eigenvalue weighted by atomic mass is 10.0. The fourth-order valence-corrected chi connectivity index (χ4v) is 2.97. The molecule has 5 nitrogen and oxygen atoms in total. The first-order valence-electron chi connectivity index (χ1n) is 10.1. The van der Waals surface area contributed by atoms with Crippen molar-refractivity contribution in [2.75, 3.05) is 11.9 Å². The van der Waals surface area contributed by atoms with Crippen LogP contribution in [0.1, 0.15) is 19.4 Å². The van der Waals surface area contributed by atoms with E-state index in [1.165, 1.54) is 6.08 Å². The van der Waals surface area contributed by atoms with E-state index in [1.807, 2.05) is 85.8 Å². The molecule has 0 saturated carbocycles. The van der Waals surface area contributed by atoms with Crippen molar-refractivity contribution < 1.29 is 19.1 Å². The lowest BCUT2D eigenvalue weighted by Gasteiger charge is -2.15. The second kappa shape index (κ2) is 10.8. The van der Waals surface area contributed by atoms with Gasteiger partial charge in [0.15, 0.2) is 6.10 Å². The molecule has 158 valence electrons. The molecule has 1 atom stereocenters. The van der Waals surface area contributed by atoms with Gasteiger partial charge in [0.05, 0.1) is 6.61 Å². The Balaban J connectivity index is 1.59. The van der Waals surface area contributed by atoms with Gasteiger partial charge in [-0.1, -0.05) is 60.7 Å². The minimum atomic E-state index is -0.943. The van der Waals surface area contributed by atoms with Crippen molar-refractivity contribution in [1.29, 1.82) is 0 Å². The van der Waals surface area contributed by atoms with Crippen LogP contribution in [0.4, 0.5) is 5.69 Å². The number of carbonyl (C=O) groups excluding carboxylic acids is 2. The van der Waals surface area contributed by atoms with E-state index >= 15 is 0 Å². The van der Waals surface area contributed by atoms with E-state index in [-0.39, 0.29) is 0 Å². The van der Waals surface area contributed by atoms with Crippen LogP contribution in [0.3, 0.4) is 0 Å². The second-order valence-electron chi connectivity index (χ2n) is 6.82. The van der Waals surface area contributed by atoms with Crippen LogP contribution >= 0.6 is 0 Å². The fraction of sp³-hybridized carbons (Fsp3) is 0.154. The third kappa shape index (κ3) is 6.31. The molecule has 0 aliphatic carbocycles. The van der Waals surface area contributed by atoms with Crippen LogP contribution in [-0.2, 0) is 14.3 Å². The lowest BCUT2D eigenvalue weighted by Crippen LogP contribution is -2.29. The Morgan fingerprint density at radius 3 is 2.32 bits per heavy atom. The van der Waals surface area contributed by atoms with Crippen LogP contribution < -0.4 is 10.1 Å². The summed E-state index contributed by atoms with van der Waals surface area (Å²) < 4.78 is 10.6. The van der Waals surface area contributed by atoms with Gasteiger partial charge in [-0.05, 0) is 49.2 Å². The first-order valence-corrected chi connectivity index (χ1v) is 10.1. The molecular formula is C26H25NO4. The molecule has 0 bridgehead atoms. The summed E-state index contributed by atoms with van der Waals surface area (Å²) in [4.78, 5) is 24.7. The predicted octanol–water partition coefficient (Wildman–Crippen LogP) is 5.34. The van der Waals surface area contributed by atoms with E-state index in [0.29, 0.717) is 12.3 Å². The van der Waals surface area contributed by atoms with Crippen LogP contribution in [-0.4, -0.2) is 24.6 Å². The van der Waals surface area contributed by atoms with Gasteiger partial charge < -0.3 is 14.8 Å². The highest BCUT2D eigenvalue weighted by molar-refractivity contribution is 5.99. The van der Waals surface area contributed by atoms with Crippen LogP contribution in [0.25, 0.3) is 17.2 Å². The first-order chi connectivity index (χ1) is 15.1. The van der Waals surface area contributed by atoms with Gasteiger partial charge in [-0.3, -0.25) is 4.79 Å². The highest BCUT2D eigenvalue weighted by Crippen LogP contribution is 2.27. The van der Waals surface area contributed by atoms with E-state index in [9.17, 15) is 9.59 Å². The molecule has 1 N–H and O–H groups in total. The van der Waals surface area contributed by atoms with Gasteiger partial charge in [0.2, 0.25) is 0 Å². The molecule has 0 fully saturated rings. The van der Waals surface area contributed by atoms with Crippen molar-refractivity contribution in [3.63, 3.8) is 0 Å². The monoisotopic (exact) mass is 415 g/mol. The van der Waals surface area contributed by atoms with E-state index in [1.54, 1.807) is 13.0 Å². The summed E-state index contributed by atoms with van der Waals surface area (Å²) >= 11 is 0. The summed E-state index contributed by atoms with van der Waals surface area (Å²) in [6.45, 7) is 4.06. The summed E-state index contributed by atoms with van der Waals surface area (Å²) in [5.74, 6) is -0.220. The third-order valence-corrected chi connectivity index (χ3v) is 4.53. The maximum atomic E-state index is 12.6. The van der Waals surface area contributed by atoms with Crippen molar-refractivity contribution >= 4 is 23.6 Å². The number of esters is 1. The highest BCUT2D eigenvalue weighted by Gasteiger charge is 2.18. The zero-order chi connectivity index (χ0) is 22.1. The topological polar surface area (TPSA) is 64.6 Å². The largest absolute Gasteiger partial charge is 0.494 e. The lowest BCUT2D eigenvalue weighted by molar-refractivity contribution is -0.148. The average molecular weight is 415 g/mol. The number of para-hydroxylation sites is 1. The maximum absolute atomic E-state index is 12.6. The molecule has 0 unspecified atom stereocenters. The summed E-state index contributed by atoms with van der Waals surface area (Å²) in [7, 11) is 0. The van der Waals surface area contributed by atoms with Gasteiger partial charge in [0.25, 0.3) is 5.91 Å². The van der Waals surface area contributed by atoms with Gasteiger partial charge in [-0.25, -0.2) is 4.79 Å². The van der Waals surface area contributed by atoms with Crippen LogP contribution in [0.2, 0.25) is 0 Å². The minimum absolute atomic E-state index is 0.397. The average Bonchev–Trinajstić information content (AvgIpc) is 2.79. The van der Waals surface area contributed by atoms with E-state index in [4.69, 9.17) is 9.47 Å². The van der Waals surface area contributed by atoms with Gasteiger partial charge in [0, 0.05) is 17.3 Å². The quantitative estimate of drug-likeness (QED) is 0.399. The Labute approximate surface area is 182 Å². The Hall–Kier alpha value is -3.86. The van der Waals surface area contributed by atoms with Crippen molar-refractivity contribution in [2.45, 2.75) is 20.0 Å². The predicted molar refractivity (Wildman–Crippen MR) is 123 cm³/mol. The molecule has 0 saturated heterocycles. The van der Waals surface area contributed by atoms with E-state index in [0.717, 1.165) is 22.4 Å². The maximum Gasteiger partial charge on any atom is 0.331 e. The van der Waals surface area contributed by atoms with E-state index < -0.39 is 18.0 Å². The van der Waals surface area contributed by atoms with Crippen molar-refractivity contribution in [3.05, 3.63) is 90.5 Å². The smallest absolute Gasteiger partial charge is 0.331 e. The number of ether oxygens (including phenoxy) is 2. The summed E-state index contributed by atoms with van der Waals surface area (Å²) in [6, 6.07) is 24.6. The number of nitrogens with one attached hydrogen (secondary N) is 1. The normalized spacial score (nSPS) is 11.7. The van der Waals surface area contributed by atoms with Gasteiger partial charge >= 0.3 is 5.97 Å². The molecule has 0 radical (unpaired) electrons. The summed E-state index contributed by atoms with van der Waals surface area (Å²) in [5.41, 5.74) is 3.37. The SMILES string of the molecule is CCOc1ccc(/C=C/C(=O)O[C@H](C)C(=O)Nc2ccccc2-c2ccccc2)cc1. The molecular weight excluding hydrogens is 390 g/mol. The summed E-state index contributed by atoms with van der Waals surface area (Å²) in [5, 5.41) is 2.85. The molecule has 0 aromatic heterocycles. The van der Waals surface area contributed by atoms with Crippen molar-refractivity contribution in [2.24, 2.45) is 0 Å². The van der Waals surface area contributed by atoms with Gasteiger partial charge in [0.1, 0.15) is 5.75 Å². The van der Waals surface area contributed by atoms with Gasteiger partial charge in [-0.15, -0.1) is 0 Å². The molecule has 0 aliphatic heterocycles. The fourth-order valence-electron chi connectivity index (χ4n) is 2.97. The van der Waals surface area contributed by atoms with Crippen LogP contribution in [0.15, 0.2) is 84.9 Å². The third-order valence-electron chi connectivity index (χ3n) is 4.53. The van der Waals surface area contributed by atoms with E-state index in [2.05, 4.69) is 5.32 Å². The number of rotatable bonds is 8. The molecule has 3 rings (SSSR count). The first kappa shape index (κ1) is 21.8. The molecule has 3 aromatic rings. The van der Waals surface area contributed by atoms with Gasteiger partial charge in [-0.2, -0.15) is 0 Å². The Kier molecular flexibility index (Phi) is 7.60. The Morgan fingerprint density at radius 1 is 0.935 bits per heavy atom. The number of amides is 1. The number of hydrogen-bond donors (Lipinski definition) is 1. The molecule has 0 heterocycles. The molecule has 5 heteroatoms. The summed E-state index contributed by atoms with van der Waals surface area (Å²) in [6.07, 6.45) is 1.99. The molecule has 0 aliphatic rings. The number of carbonyl (C=O) groups is 2.